The van der Waals surface area contributed by atoms with Crippen molar-refractivity contribution in [3.63, 3.8) is 0 Å². The van der Waals surface area contributed by atoms with Gasteiger partial charge in [0.15, 0.2) is 0 Å². The lowest BCUT2D eigenvalue weighted by molar-refractivity contribution is 0.596. The molecule has 0 spiro atoms. The molecular weight excluding hydrogens is 204 g/mol. The van der Waals surface area contributed by atoms with Crippen molar-refractivity contribution in [2.45, 2.75) is 40.0 Å². The molecule has 0 radical (unpaired) electrons. The lowest BCUT2D eigenvalue weighted by Crippen LogP contribution is -2.10. The molecule has 0 aliphatic carbocycles. The van der Waals surface area contributed by atoms with Crippen LogP contribution in [-0.2, 0) is 5.41 Å². The number of aromatic nitrogens is 2. The summed E-state index contributed by atoms with van der Waals surface area (Å²) in [5.41, 5.74) is 2.59. The highest BCUT2D eigenvalue weighted by molar-refractivity contribution is 7.17. The summed E-state index contributed by atoms with van der Waals surface area (Å²) in [5, 5.41) is 2.18. The van der Waals surface area contributed by atoms with Crippen molar-refractivity contribution < 1.29 is 0 Å². The second kappa shape index (κ2) is 4.71. The van der Waals surface area contributed by atoms with Gasteiger partial charge in [0.25, 0.3) is 0 Å². The van der Waals surface area contributed by atoms with Crippen LogP contribution in [0.2, 0.25) is 0 Å². The van der Waals surface area contributed by atoms with E-state index in [0.29, 0.717) is 0 Å². The van der Waals surface area contributed by atoms with Crippen LogP contribution < -0.4 is 0 Å². The third-order valence-electron chi connectivity index (χ3n) is 2.05. The predicted molar refractivity (Wildman–Crippen MR) is 67.5 cm³/mol. The second-order valence-corrected chi connectivity index (χ2v) is 5.05. The van der Waals surface area contributed by atoms with Crippen LogP contribution in [0.3, 0.4) is 0 Å². The van der Waals surface area contributed by atoms with Crippen molar-refractivity contribution >= 4 is 21.6 Å². The quantitative estimate of drug-likeness (QED) is 0.673. The van der Waals surface area contributed by atoms with Gasteiger partial charge in [0.1, 0.15) is 6.33 Å². The normalized spacial score (nSPS) is 11.0. The summed E-state index contributed by atoms with van der Waals surface area (Å²) in [4.78, 5) is 8.31. The maximum atomic E-state index is 4.31. The number of nitrogens with zero attached hydrogens (tertiary/aromatic N) is 2. The third kappa shape index (κ3) is 2.53. The average Bonchev–Trinajstić information content (AvgIpc) is 2.63. The van der Waals surface area contributed by atoms with Crippen molar-refractivity contribution in [3.8, 4) is 0 Å². The molecule has 2 aromatic heterocycles. The summed E-state index contributed by atoms with van der Waals surface area (Å²) in [7, 11) is 0. The van der Waals surface area contributed by atoms with Gasteiger partial charge in [0, 0.05) is 6.20 Å². The second-order valence-electron chi connectivity index (χ2n) is 4.13. The van der Waals surface area contributed by atoms with Crippen molar-refractivity contribution in [2.75, 3.05) is 0 Å². The van der Waals surface area contributed by atoms with E-state index in [1.165, 1.54) is 10.3 Å². The molecule has 0 bridgehead atoms. The summed E-state index contributed by atoms with van der Waals surface area (Å²) < 4.78 is 1.17. The zero-order chi connectivity index (χ0) is 11.5. The first-order valence-corrected chi connectivity index (χ1v) is 6.15. The smallest absolute Gasteiger partial charge is 0.116 e. The van der Waals surface area contributed by atoms with Crippen molar-refractivity contribution in [1.29, 1.82) is 0 Å². The van der Waals surface area contributed by atoms with Crippen molar-refractivity contribution in [1.82, 2.24) is 9.97 Å². The van der Waals surface area contributed by atoms with E-state index >= 15 is 0 Å². The Bertz CT molecular complexity index is 426. The first kappa shape index (κ1) is 12.1. The van der Waals surface area contributed by atoms with E-state index in [1.54, 1.807) is 17.7 Å². The lowest BCUT2D eigenvalue weighted by Gasteiger charge is -2.16. The van der Waals surface area contributed by atoms with Gasteiger partial charge in [-0.25, -0.2) is 9.97 Å². The molecule has 0 unspecified atom stereocenters. The maximum Gasteiger partial charge on any atom is 0.116 e. The van der Waals surface area contributed by atoms with Gasteiger partial charge >= 0.3 is 0 Å². The fourth-order valence-corrected chi connectivity index (χ4v) is 2.42. The molecule has 2 aromatic rings. The molecule has 0 N–H and O–H groups in total. The number of rotatable bonds is 0. The monoisotopic (exact) mass is 222 g/mol. The zero-order valence-corrected chi connectivity index (χ0v) is 10.9. The first-order valence-electron chi connectivity index (χ1n) is 5.27. The Morgan fingerprint density at radius 1 is 1.20 bits per heavy atom. The summed E-state index contributed by atoms with van der Waals surface area (Å²) in [5.74, 6) is 0. The topological polar surface area (TPSA) is 25.8 Å². The van der Waals surface area contributed by atoms with E-state index in [1.807, 2.05) is 20.0 Å². The predicted octanol–water partition coefficient (Wildman–Crippen LogP) is 4.02. The van der Waals surface area contributed by atoms with Crippen LogP contribution in [0.25, 0.3) is 10.2 Å². The molecule has 2 heterocycles. The zero-order valence-electron chi connectivity index (χ0n) is 10.0. The molecule has 0 aliphatic rings. The van der Waals surface area contributed by atoms with E-state index in [2.05, 4.69) is 36.1 Å². The number of thiophene rings is 1. The molecule has 2 rings (SSSR count). The van der Waals surface area contributed by atoms with Crippen LogP contribution in [0.5, 0.6) is 0 Å². The lowest BCUT2D eigenvalue weighted by atomic mass is 9.88. The Labute approximate surface area is 95.4 Å². The highest BCUT2D eigenvalue weighted by Gasteiger charge is 2.18. The minimum absolute atomic E-state index is 0.173. The van der Waals surface area contributed by atoms with Gasteiger partial charge in [-0.05, 0) is 16.4 Å². The largest absolute Gasteiger partial charge is 0.243 e. The minimum Gasteiger partial charge on any atom is -0.243 e. The Kier molecular flexibility index (Phi) is 3.80. The minimum atomic E-state index is 0.173. The average molecular weight is 222 g/mol. The molecule has 15 heavy (non-hydrogen) atoms. The van der Waals surface area contributed by atoms with E-state index in [4.69, 9.17) is 0 Å². The molecule has 0 atom stereocenters. The van der Waals surface area contributed by atoms with E-state index < -0.39 is 0 Å². The Morgan fingerprint density at radius 3 is 2.47 bits per heavy atom. The Morgan fingerprint density at radius 2 is 1.87 bits per heavy atom. The van der Waals surface area contributed by atoms with Crippen LogP contribution in [0.15, 0.2) is 17.9 Å². The molecule has 0 amide bonds. The standard InChI is InChI=1S/C10H12N2S.C2H6/c1-10(2,3)7-5-13-8-4-11-6-12-9(7)8;1-2/h4-6H,1-3H3;1-2H3. The molecule has 0 aromatic carbocycles. The molecule has 0 aliphatic heterocycles. The fraction of sp³-hybridized carbons (Fsp3) is 0.500. The van der Waals surface area contributed by atoms with Gasteiger partial charge in [0.2, 0.25) is 0 Å². The summed E-state index contributed by atoms with van der Waals surface area (Å²) in [6.45, 7) is 10.6. The number of fused-ring (bicyclic) bond motifs is 1. The molecule has 0 fully saturated rings. The molecule has 2 nitrogen and oxygen atoms in total. The van der Waals surface area contributed by atoms with E-state index in [0.717, 1.165) is 5.52 Å². The highest BCUT2D eigenvalue weighted by Crippen LogP contribution is 2.32. The van der Waals surface area contributed by atoms with Gasteiger partial charge in [-0.3, -0.25) is 0 Å². The fourth-order valence-electron chi connectivity index (χ4n) is 1.32. The maximum absolute atomic E-state index is 4.31. The Balaban J connectivity index is 0.000000531. The van der Waals surface area contributed by atoms with Gasteiger partial charge in [-0.1, -0.05) is 34.6 Å². The molecule has 3 heteroatoms. The number of hydrogen-bond donors (Lipinski definition) is 0. The van der Waals surface area contributed by atoms with Crippen LogP contribution in [-0.4, -0.2) is 9.97 Å². The van der Waals surface area contributed by atoms with Crippen LogP contribution in [0, 0.1) is 0 Å². The first-order chi connectivity index (χ1) is 7.09. The van der Waals surface area contributed by atoms with Crippen LogP contribution in [0.4, 0.5) is 0 Å². The van der Waals surface area contributed by atoms with Gasteiger partial charge < -0.3 is 0 Å². The van der Waals surface area contributed by atoms with Crippen LogP contribution in [0.1, 0.15) is 40.2 Å². The summed E-state index contributed by atoms with van der Waals surface area (Å²) >= 11 is 1.72. The van der Waals surface area contributed by atoms with Crippen molar-refractivity contribution in [3.05, 3.63) is 23.5 Å². The third-order valence-corrected chi connectivity index (χ3v) is 2.95. The summed E-state index contributed by atoms with van der Waals surface area (Å²) in [6.07, 6.45) is 3.49. The van der Waals surface area contributed by atoms with Crippen LogP contribution >= 0.6 is 11.3 Å². The number of hydrogen-bond acceptors (Lipinski definition) is 3. The van der Waals surface area contributed by atoms with E-state index in [-0.39, 0.29) is 5.41 Å². The van der Waals surface area contributed by atoms with Gasteiger partial charge in [-0.15, -0.1) is 11.3 Å². The SMILES string of the molecule is CC.CC(C)(C)c1csc2cncnc12. The highest BCUT2D eigenvalue weighted by atomic mass is 32.1. The van der Waals surface area contributed by atoms with E-state index in [9.17, 15) is 0 Å². The molecule has 82 valence electrons. The van der Waals surface area contributed by atoms with Gasteiger partial charge in [0.05, 0.1) is 10.2 Å². The summed E-state index contributed by atoms with van der Waals surface area (Å²) in [6, 6.07) is 0. The molecule has 0 saturated carbocycles. The van der Waals surface area contributed by atoms with Gasteiger partial charge in [-0.2, -0.15) is 0 Å². The molecule has 0 saturated heterocycles. The van der Waals surface area contributed by atoms with Crippen molar-refractivity contribution in [2.24, 2.45) is 0 Å². The Hall–Kier alpha value is -0.960. The molecular formula is C12H18N2S.